The van der Waals surface area contributed by atoms with Crippen molar-refractivity contribution in [2.75, 3.05) is 5.32 Å². The van der Waals surface area contributed by atoms with Gasteiger partial charge in [-0.05, 0) is 56.7 Å². The first-order valence-electron chi connectivity index (χ1n) is 9.05. The van der Waals surface area contributed by atoms with E-state index in [9.17, 15) is 14.4 Å². The molecule has 28 heavy (non-hydrogen) atoms. The molecule has 6 nitrogen and oxygen atoms in total. The molecule has 0 atom stereocenters. The lowest BCUT2D eigenvalue weighted by Crippen LogP contribution is -2.27. The zero-order valence-electron chi connectivity index (χ0n) is 16.1. The first-order chi connectivity index (χ1) is 13.3. The van der Waals surface area contributed by atoms with E-state index in [-0.39, 0.29) is 24.1 Å². The Bertz CT molecular complexity index is 1080. The van der Waals surface area contributed by atoms with E-state index in [1.54, 1.807) is 38.1 Å². The molecule has 1 amide bonds. The maximum absolute atomic E-state index is 12.5. The third-order valence-electron chi connectivity index (χ3n) is 4.27. The normalized spacial score (nSPS) is 10.9. The van der Waals surface area contributed by atoms with Crippen molar-refractivity contribution >= 4 is 28.5 Å². The van der Waals surface area contributed by atoms with E-state index in [0.29, 0.717) is 11.3 Å². The van der Waals surface area contributed by atoms with E-state index in [2.05, 4.69) is 5.32 Å². The van der Waals surface area contributed by atoms with Gasteiger partial charge in [0, 0.05) is 17.1 Å². The van der Waals surface area contributed by atoms with E-state index < -0.39 is 5.97 Å². The average Bonchev–Trinajstić information content (AvgIpc) is 2.65. The molecule has 3 rings (SSSR count). The Morgan fingerprint density at radius 2 is 1.75 bits per heavy atom. The molecule has 0 fully saturated rings. The van der Waals surface area contributed by atoms with Crippen molar-refractivity contribution in [3.63, 3.8) is 0 Å². The molecule has 0 aliphatic carbocycles. The number of nitrogens with one attached hydrogen (secondary N) is 1. The highest BCUT2D eigenvalue weighted by Gasteiger charge is 2.12. The van der Waals surface area contributed by atoms with Gasteiger partial charge in [0.2, 0.25) is 5.91 Å². The van der Waals surface area contributed by atoms with Crippen LogP contribution in [0.15, 0.2) is 59.4 Å². The molecule has 0 saturated carbocycles. The molecule has 0 spiro atoms. The summed E-state index contributed by atoms with van der Waals surface area (Å²) in [6, 6.07) is 15.5. The Kier molecular flexibility index (Phi) is 5.59. The van der Waals surface area contributed by atoms with Crippen LogP contribution < -0.4 is 10.9 Å². The predicted octanol–water partition coefficient (Wildman–Crippen LogP) is 3.51. The average molecular weight is 378 g/mol. The number of hydrogen-bond donors (Lipinski definition) is 1. The minimum absolute atomic E-state index is 0.100. The van der Waals surface area contributed by atoms with Gasteiger partial charge in [-0.1, -0.05) is 18.2 Å². The van der Waals surface area contributed by atoms with Crippen LogP contribution in [0.2, 0.25) is 0 Å². The van der Waals surface area contributed by atoms with Gasteiger partial charge in [0.15, 0.2) is 0 Å². The van der Waals surface area contributed by atoms with E-state index in [1.165, 1.54) is 10.6 Å². The fourth-order valence-corrected chi connectivity index (χ4v) is 2.98. The van der Waals surface area contributed by atoms with Crippen molar-refractivity contribution in [1.29, 1.82) is 0 Å². The van der Waals surface area contributed by atoms with Gasteiger partial charge in [-0.15, -0.1) is 0 Å². The van der Waals surface area contributed by atoms with Crippen LogP contribution >= 0.6 is 0 Å². The summed E-state index contributed by atoms with van der Waals surface area (Å²) in [7, 11) is 0. The summed E-state index contributed by atoms with van der Waals surface area (Å²) >= 11 is 0. The van der Waals surface area contributed by atoms with Crippen LogP contribution in [0.4, 0.5) is 5.69 Å². The molecule has 1 N–H and O–H groups in total. The van der Waals surface area contributed by atoms with Gasteiger partial charge in [-0.25, -0.2) is 4.79 Å². The molecule has 6 heteroatoms. The number of nitrogens with zero attached hydrogens (tertiary/aromatic N) is 1. The standard InChI is InChI=1S/C22H22N2O4/c1-14(2)28-22(27)16-8-10-17(11-9-16)23-20(25)13-24-19-7-5-4-6-18(19)15(3)12-21(24)26/h4-12,14H,13H2,1-3H3,(H,23,25). The number of carbonyl (C=O) groups excluding carboxylic acids is 2. The van der Waals surface area contributed by atoms with Crippen LogP contribution in [-0.2, 0) is 16.1 Å². The molecule has 0 aliphatic heterocycles. The monoisotopic (exact) mass is 378 g/mol. The molecular weight excluding hydrogens is 356 g/mol. The van der Waals surface area contributed by atoms with Crippen LogP contribution in [0.1, 0.15) is 29.8 Å². The molecule has 0 unspecified atom stereocenters. The predicted molar refractivity (Wildman–Crippen MR) is 109 cm³/mol. The molecule has 144 valence electrons. The van der Waals surface area contributed by atoms with E-state index in [0.717, 1.165) is 16.5 Å². The topological polar surface area (TPSA) is 77.4 Å². The van der Waals surface area contributed by atoms with Gasteiger partial charge in [0.05, 0.1) is 17.2 Å². The number of anilines is 1. The number of aromatic nitrogens is 1. The lowest BCUT2D eigenvalue weighted by Gasteiger charge is -2.12. The maximum Gasteiger partial charge on any atom is 0.338 e. The number of ether oxygens (including phenoxy) is 1. The molecule has 0 aliphatic rings. The summed E-state index contributed by atoms with van der Waals surface area (Å²) < 4.78 is 6.59. The molecule has 2 aromatic carbocycles. The van der Waals surface area contributed by atoms with Crippen LogP contribution in [-0.4, -0.2) is 22.5 Å². The molecule has 1 aromatic heterocycles. The third kappa shape index (κ3) is 4.28. The van der Waals surface area contributed by atoms with Gasteiger partial charge in [0.1, 0.15) is 6.54 Å². The second kappa shape index (κ2) is 8.08. The zero-order valence-corrected chi connectivity index (χ0v) is 16.1. The van der Waals surface area contributed by atoms with Crippen LogP contribution in [0, 0.1) is 6.92 Å². The van der Waals surface area contributed by atoms with E-state index in [4.69, 9.17) is 4.74 Å². The lowest BCUT2D eigenvalue weighted by molar-refractivity contribution is -0.116. The van der Waals surface area contributed by atoms with Gasteiger partial charge in [-0.2, -0.15) is 0 Å². The van der Waals surface area contributed by atoms with Crippen molar-refractivity contribution in [1.82, 2.24) is 4.57 Å². The Labute approximate surface area is 162 Å². The third-order valence-corrected chi connectivity index (χ3v) is 4.27. The van der Waals surface area contributed by atoms with Crippen molar-refractivity contribution in [2.24, 2.45) is 0 Å². The number of benzene rings is 2. The number of rotatable bonds is 5. The Morgan fingerprint density at radius 3 is 2.43 bits per heavy atom. The van der Waals surface area contributed by atoms with Gasteiger partial charge in [0.25, 0.3) is 5.56 Å². The molecule has 1 heterocycles. The number of aryl methyl sites for hydroxylation is 1. The second-order valence-corrected chi connectivity index (χ2v) is 6.85. The molecule has 3 aromatic rings. The molecule has 0 saturated heterocycles. The smallest absolute Gasteiger partial charge is 0.338 e. The van der Waals surface area contributed by atoms with Gasteiger partial charge in [-0.3, -0.25) is 14.2 Å². The number of hydrogen-bond acceptors (Lipinski definition) is 4. The highest BCUT2D eigenvalue weighted by Crippen LogP contribution is 2.16. The van der Waals surface area contributed by atoms with Crippen molar-refractivity contribution in [3.05, 3.63) is 76.1 Å². The minimum atomic E-state index is -0.412. The highest BCUT2D eigenvalue weighted by atomic mass is 16.5. The van der Waals surface area contributed by atoms with Crippen molar-refractivity contribution < 1.29 is 14.3 Å². The number of fused-ring (bicyclic) bond motifs is 1. The zero-order chi connectivity index (χ0) is 20.3. The minimum Gasteiger partial charge on any atom is -0.459 e. The largest absolute Gasteiger partial charge is 0.459 e. The Balaban J connectivity index is 1.76. The first-order valence-corrected chi connectivity index (χ1v) is 9.05. The fraction of sp³-hybridized carbons (Fsp3) is 0.227. The molecular formula is C22H22N2O4. The SMILES string of the molecule is Cc1cc(=O)n(CC(=O)Nc2ccc(C(=O)OC(C)C)cc2)c2ccccc12. The van der Waals surface area contributed by atoms with Gasteiger partial charge >= 0.3 is 5.97 Å². The van der Waals surface area contributed by atoms with Crippen molar-refractivity contribution in [3.8, 4) is 0 Å². The lowest BCUT2D eigenvalue weighted by atomic mass is 10.1. The molecule has 0 bridgehead atoms. The summed E-state index contributed by atoms with van der Waals surface area (Å²) in [5.74, 6) is -0.737. The highest BCUT2D eigenvalue weighted by molar-refractivity contribution is 5.94. The Hall–Kier alpha value is -3.41. The quantitative estimate of drug-likeness (QED) is 0.689. The second-order valence-electron chi connectivity index (χ2n) is 6.85. The summed E-state index contributed by atoms with van der Waals surface area (Å²) in [6.45, 7) is 5.34. The Morgan fingerprint density at radius 1 is 1.07 bits per heavy atom. The summed E-state index contributed by atoms with van der Waals surface area (Å²) in [5, 5.41) is 3.69. The van der Waals surface area contributed by atoms with E-state index >= 15 is 0 Å². The van der Waals surface area contributed by atoms with Crippen LogP contribution in [0.25, 0.3) is 10.9 Å². The number of pyridine rings is 1. The molecule has 0 radical (unpaired) electrons. The maximum atomic E-state index is 12.5. The summed E-state index contributed by atoms with van der Waals surface area (Å²) in [5.41, 5.74) is 2.32. The van der Waals surface area contributed by atoms with Crippen molar-refractivity contribution in [2.45, 2.75) is 33.4 Å². The first kappa shape index (κ1) is 19.4. The number of para-hydroxylation sites is 1. The van der Waals surface area contributed by atoms with Gasteiger partial charge < -0.3 is 10.1 Å². The summed E-state index contributed by atoms with van der Waals surface area (Å²) in [4.78, 5) is 36.7. The van der Waals surface area contributed by atoms with Crippen LogP contribution in [0.5, 0.6) is 0 Å². The number of carbonyl (C=O) groups is 2. The van der Waals surface area contributed by atoms with E-state index in [1.807, 2.05) is 31.2 Å². The van der Waals surface area contributed by atoms with Crippen LogP contribution in [0.3, 0.4) is 0 Å². The number of esters is 1. The fourth-order valence-electron chi connectivity index (χ4n) is 2.98. The number of amides is 1. The summed E-state index contributed by atoms with van der Waals surface area (Å²) in [6.07, 6.45) is -0.200.